The lowest BCUT2D eigenvalue weighted by atomic mass is 10.0. The van der Waals surface area contributed by atoms with Gasteiger partial charge < -0.3 is 10.2 Å². The molecule has 4 heteroatoms. The summed E-state index contributed by atoms with van der Waals surface area (Å²) in [4.78, 5) is 20.6. The average Bonchev–Trinajstić information content (AvgIpc) is 1.96. The van der Waals surface area contributed by atoms with E-state index in [1.807, 2.05) is 0 Å². The molecule has 0 saturated carbocycles. The van der Waals surface area contributed by atoms with E-state index < -0.39 is 17.9 Å². The fourth-order valence-electron chi connectivity index (χ4n) is 0.761. The fraction of sp³-hybridized carbons (Fsp3) is 0.500. The van der Waals surface area contributed by atoms with Gasteiger partial charge >= 0.3 is 11.9 Å². The van der Waals surface area contributed by atoms with Gasteiger partial charge in [-0.25, -0.2) is 0 Å². The lowest BCUT2D eigenvalue weighted by molar-refractivity contribution is -0.154. The topological polar surface area (TPSA) is 74.6 Å². The van der Waals surface area contributed by atoms with E-state index in [2.05, 4.69) is 5.92 Å². The molecule has 0 aliphatic carbocycles. The SMILES string of the molecule is C#CCCCC(C(=O)O)C(=O)O. The van der Waals surface area contributed by atoms with Crippen molar-refractivity contribution in [1.29, 1.82) is 0 Å². The Kier molecular flexibility index (Phi) is 4.54. The summed E-state index contributed by atoms with van der Waals surface area (Å²) in [6, 6.07) is 0. The Balaban J connectivity index is 3.91. The van der Waals surface area contributed by atoms with Gasteiger partial charge in [0.1, 0.15) is 0 Å². The number of unbranched alkanes of at least 4 members (excludes halogenated alkanes) is 1. The summed E-state index contributed by atoms with van der Waals surface area (Å²) < 4.78 is 0. The zero-order valence-corrected chi connectivity index (χ0v) is 6.49. The highest BCUT2D eigenvalue weighted by molar-refractivity contribution is 5.92. The van der Waals surface area contributed by atoms with Gasteiger partial charge in [0.2, 0.25) is 0 Å². The zero-order chi connectivity index (χ0) is 9.56. The molecule has 0 aromatic rings. The average molecular weight is 170 g/mol. The first-order valence-electron chi connectivity index (χ1n) is 3.48. The van der Waals surface area contributed by atoms with Crippen molar-refractivity contribution in [3.63, 3.8) is 0 Å². The molecule has 0 radical (unpaired) electrons. The van der Waals surface area contributed by atoms with Crippen LogP contribution in [0.25, 0.3) is 0 Å². The van der Waals surface area contributed by atoms with Crippen molar-refractivity contribution in [2.75, 3.05) is 0 Å². The van der Waals surface area contributed by atoms with Gasteiger partial charge in [0.05, 0.1) is 0 Å². The minimum atomic E-state index is -1.32. The third kappa shape index (κ3) is 3.62. The molecule has 0 aromatic heterocycles. The number of hydrogen-bond donors (Lipinski definition) is 2. The van der Waals surface area contributed by atoms with Gasteiger partial charge in [-0.2, -0.15) is 0 Å². The third-order valence-corrected chi connectivity index (χ3v) is 1.41. The van der Waals surface area contributed by atoms with Crippen LogP contribution in [0.2, 0.25) is 0 Å². The van der Waals surface area contributed by atoms with Crippen molar-refractivity contribution in [3.05, 3.63) is 0 Å². The normalized spacial score (nSPS) is 9.33. The maximum absolute atomic E-state index is 10.3. The van der Waals surface area contributed by atoms with Crippen LogP contribution in [0.15, 0.2) is 0 Å². The Morgan fingerprint density at radius 3 is 2.17 bits per heavy atom. The van der Waals surface area contributed by atoms with Crippen molar-refractivity contribution >= 4 is 11.9 Å². The zero-order valence-electron chi connectivity index (χ0n) is 6.49. The summed E-state index contributed by atoms with van der Waals surface area (Å²) in [6.07, 6.45) is 5.86. The van der Waals surface area contributed by atoms with Crippen molar-refractivity contribution in [2.24, 2.45) is 5.92 Å². The van der Waals surface area contributed by atoms with Crippen LogP contribution in [0.5, 0.6) is 0 Å². The van der Waals surface area contributed by atoms with Crippen LogP contribution in [0.1, 0.15) is 19.3 Å². The molecule has 0 bridgehead atoms. The van der Waals surface area contributed by atoms with Crippen LogP contribution in [-0.4, -0.2) is 22.2 Å². The number of rotatable bonds is 5. The predicted molar refractivity (Wildman–Crippen MR) is 41.4 cm³/mol. The van der Waals surface area contributed by atoms with E-state index in [1.54, 1.807) is 0 Å². The molecule has 0 heterocycles. The van der Waals surface area contributed by atoms with E-state index in [4.69, 9.17) is 16.6 Å². The van der Waals surface area contributed by atoms with Crippen molar-refractivity contribution in [1.82, 2.24) is 0 Å². The standard InChI is InChI=1S/C8H10O4/c1-2-3-4-5-6(7(9)10)8(11)12/h1,6H,3-5H2,(H,9,10)(H,11,12). The van der Waals surface area contributed by atoms with E-state index in [0.29, 0.717) is 12.8 Å². The maximum atomic E-state index is 10.3. The first kappa shape index (κ1) is 10.5. The first-order valence-corrected chi connectivity index (χ1v) is 3.48. The monoisotopic (exact) mass is 170 g/mol. The van der Waals surface area contributed by atoms with Crippen LogP contribution in [0.3, 0.4) is 0 Å². The second-order valence-corrected chi connectivity index (χ2v) is 2.33. The molecule has 0 fully saturated rings. The summed E-state index contributed by atoms with van der Waals surface area (Å²) in [6.45, 7) is 0. The molecule has 0 amide bonds. The van der Waals surface area contributed by atoms with Gasteiger partial charge in [-0.05, 0) is 12.8 Å². The van der Waals surface area contributed by atoms with Gasteiger partial charge in [0.25, 0.3) is 0 Å². The fourth-order valence-corrected chi connectivity index (χ4v) is 0.761. The lowest BCUT2D eigenvalue weighted by Crippen LogP contribution is -2.23. The van der Waals surface area contributed by atoms with E-state index in [0.717, 1.165) is 0 Å². The van der Waals surface area contributed by atoms with Gasteiger partial charge in [0.15, 0.2) is 5.92 Å². The van der Waals surface area contributed by atoms with Gasteiger partial charge in [-0.15, -0.1) is 12.3 Å². The van der Waals surface area contributed by atoms with Gasteiger partial charge in [0, 0.05) is 6.42 Å². The van der Waals surface area contributed by atoms with Crippen LogP contribution >= 0.6 is 0 Å². The smallest absolute Gasteiger partial charge is 0.317 e. The predicted octanol–water partition coefficient (Wildman–Crippen LogP) is 0.575. The Hall–Kier alpha value is -1.50. The van der Waals surface area contributed by atoms with E-state index in [9.17, 15) is 9.59 Å². The molecular formula is C8H10O4. The molecule has 0 spiro atoms. The molecule has 0 rings (SSSR count). The summed E-state index contributed by atoms with van der Waals surface area (Å²) in [5.41, 5.74) is 0. The van der Waals surface area contributed by atoms with E-state index in [1.165, 1.54) is 0 Å². The van der Waals surface area contributed by atoms with E-state index in [-0.39, 0.29) is 6.42 Å². The third-order valence-electron chi connectivity index (χ3n) is 1.41. The van der Waals surface area contributed by atoms with Crippen LogP contribution in [0.4, 0.5) is 0 Å². The molecule has 0 saturated heterocycles. The lowest BCUT2D eigenvalue weighted by Gasteiger charge is -2.04. The molecular weight excluding hydrogens is 160 g/mol. The second-order valence-electron chi connectivity index (χ2n) is 2.33. The van der Waals surface area contributed by atoms with Crippen molar-refractivity contribution in [2.45, 2.75) is 19.3 Å². The van der Waals surface area contributed by atoms with Gasteiger partial charge in [-0.1, -0.05) is 0 Å². The molecule has 0 aliphatic heterocycles. The number of aliphatic carboxylic acids is 2. The summed E-state index contributed by atoms with van der Waals surface area (Å²) in [5.74, 6) is -1.62. The summed E-state index contributed by atoms with van der Waals surface area (Å²) in [7, 11) is 0. The molecule has 12 heavy (non-hydrogen) atoms. The van der Waals surface area contributed by atoms with Crippen molar-refractivity contribution < 1.29 is 19.8 Å². The van der Waals surface area contributed by atoms with Crippen LogP contribution < -0.4 is 0 Å². The molecule has 0 aliphatic rings. The Morgan fingerprint density at radius 1 is 1.33 bits per heavy atom. The highest BCUT2D eigenvalue weighted by atomic mass is 16.4. The van der Waals surface area contributed by atoms with Crippen LogP contribution in [0, 0.1) is 18.3 Å². The largest absolute Gasteiger partial charge is 0.481 e. The van der Waals surface area contributed by atoms with Gasteiger partial charge in [-0.3, -0.25) is 9.59 Å². The van der Waals surface area contributed by atoms with Crippen molar-refractivity contribution in [3.8, 4) is 12.3 Å². The minimum Gasteiger partial charge on any atom is -0.481 e. The Labute approximate surface area is 70.2 Å². The quantitative estimate of drug-likeness (QED) is 0.359. The number of carboxylic acid groups (broad SMARTS) is 2. The highest BCUT2D eigenvalue weighted by Crippen LogP contribution is 2.08. The Bertz CT molecular complexity index is 200. The second kappa shape index (κ2) is 5.19. The molecule has 66 valence electrons. The molecule has 4 nitrogen and oxygen atoms in total. The number of carboxylic acids is 2. The number of hydrogen-bond acceptors (Lipinski definition) is 2. The first-order chi connectivity index (χ1) is 5.59. The minimum absolute atomic E-state index is 0.0921. The molecule has 0 atom stereocenters. The Morgan fingerprint density at radius 2 is 1.83 bits per heavy atom. The number of carbonyl (C=O) groups is 2. The highest BCUT2D eigenvalue weighted by Gasteiger charge is 2.24. The molecule has 2 N–H and O–H groups in total. The maximum Gasteiger partial charge on any atom is 0.317 e. The summed E-state index contributed by atoms with van der Waals surface area (Å²) in [5, 5.41) is 16.8. The summed E-state index contributed by atoms with van der Waals surface area (Å²) >= 11 is 0. The molecule has 0 aromatic carbocycles. The van der Waals surface area contributed by atoms with E-state index >= 15 is 0 Å². The molecule has 0 unspecified atom stereocenters. The van der Waals surface area contributed by atoms with Crippen LogP contribution in [-0.2, 0) is 9.59 Å². The number of terminal acetylenes is 1.